The maximum Gasteiger partial charge on any atom is 0.338 e. The number of ether oxygens (including phenoxy) is 2. The first-order chi connectivity index (χ1) is 12.3. The van der Waals surface area contributed by atoms with Gasteiger partial charge in [-0.25, -0.2) is 4.79 Å². The molecule has 5 nitrogen and oxygen atoms in total. The average molecular weight is 361 g/mol. The molecule has 1 saturated carbocycles. The minimum atomic E-state index is -0.311. The molecule has 1 aromatic rings. The molecule has 1 fully saturated rings. The van der Waals surface area contributed by atoms with E-state index in [1.165, 1.54) is 0 Å². The Balaban J connectivity index is 2.09. The summed E-state index contributed by atoms with van der Waals surface area (Å²) in [5.41, 5.74) is 1.41. The van der Waals surface area contributed by atoms with Gasteiger partial charge in [0, 0.05) is 11.7 Å². The van der Waals surface area contributed by atoms with E-state index in [2.05, 4.69) is 26.1 Å². The topological polar surface area (TPSA) is 64.6 Å². The van der Waals surface area contributed by atoms with E-state index in [4.69, 9.17) is 9.47 Å². The van der Waals surface area contributed by atoms with Gasteiger partial charge in [0.05, 0.1) is 24.7 Å². The van der Waals surface area contributed by atoms with Crippen molar-refractivity contribution in [1.29, 1.82) is 0 Å². The van der Waals surface area contributed by atoms with Crippen LogP contribution in [0.3, 0.4) is 0 Å². The summed E-state index contributed by atoms with van der Waals surface area (Å²) in [6.07, 6.45) is 1.95. The van der Waals surface area contributed by atoms with Crippen LogP contribution in [0.2, 0.25) is 0 Å². The zero-order chi connectivity index (χ0) is 19.3. The van der Waals surface area contributed by atoms with Crippen LogP contribution in [0.15, 0.2) is 24.3 Å². The fourth-order valence-electron chi connectivity index (χ4n) is 3.99. The Hall–Kier alpha value is -2.04. The molecule has 0 radical (unpaired) electrons. The standard InChI is InChI=1S/C21H31NO4/c1-6-25-19(23)15-8-10-16(11-9-15)22-17-12-13-21(4,5)18(14(17)3)20(24)26-7-2/h8-11,14,17-18,22H,6-7,12-13H2,1-5H3. The Kier molecular flexibility index (Phi) is 6.68. The van der Waals surface area contributed by atoms with Crippen LogP contribution in [-0.2, 0) is 14.3 Å². The number of anilines is 1. The second-order valence-corrected chi connectivity index (χ2v) is 7.66. The summed E-state index contributed by atoms with van der Waals surface area (Å²) in [6, 6.07) is 7.49. The van der Waals surface area contributed by atoms with Crippen LogP contribution in [0.4, 0.5) is 5.69 Å². The van der Waals surface area contributed by atoms with Crippen molar-refractivity contribution in [3.8, 4) is 0 Å². The quantitative estimate of drug-likeness (QED) is 0.766. The minimum Gasteiger partial charge on any atom is -0.466 e. The van der Waals surface area contributed by atoms with Crippen molar-refractivity contribution in [2.75, 3.05) is 18.5 Å². The van der Waals surface area contributed by atoms with Gasteiger partial charge in [0.2, 0.25) is 0 Å². The van der Waals surface area contributed by atoms with Gasteiger partial charge in [-0.15, -0.1) is 0 Å². The second kappa shape index (κ2) is 8.56. The van der Waals surface area contributed by atoms with Gasteiger partial charge in [-0.05, 0) is 62.3 Å². The van der Waals surface area contributed by atoms with E-state index in [1.807, 2.05) is 19.1 Å². The van der Waals surface area contributed by atoms with E-state index >= 15 is 0 Å². The van der Waals surface area contributed by atoms with Crippen LogP contribution in [0, 0.1) is 17.3 Å². The molecule has 0 saturated heterocycles. The fourth-order valence-corrected chi connectivity index (χ4v) is 3.99. The van der Waals surface area contributed by atoms with Crippen LogP contribution in [0.1, 0.15) is 57.8 Å². The lowest BCUT2D eigenvalue weighted by Crippen LogP contribution is -2.48. The first-order valence-electron chi connectivity index (χ1n) is 9.50. The van der Waals surface area contributed by atoms with Crippen LogP contribution in [-0.4, -0.2) is 31.2 Å². The Labute approximate surface area is 156 Å². The molecule has 3 atom stereocenters. The predicted molar refractivity (Wildman–Crippen MR) is 102 cm³/mol. The van der Waals surface area contributed by atoms with E-state index in [1.54, 1.807) is 19.1 Å². The van der Waals surface area contributed by atoms with Crippen molar-refractivity contribution in [2.45, 2.75) is 53.5 Å². The highest BCUT2D eigenvalue weighted by Gasteiger charge is 2.46. The van der Waals surface area contributed by atoms with Gasteiger partial charge < -0.3 is 14.8 Å². The molecule has 1 aliphatic rings. The van der Waals surface area contributed by atoms with Gasteiger partial charge in [-0.3, -0.25) is 4.79 Å². The minimum absolute atomic E-state index is 0.0718. The smallest absolute Gasteiger partial charge is 0.338 e. The van der Waals surface area contributed by atoms with Crippen molar-refractivity contribution in [2.24, 2.45) is 17.3 Å². The maximum atomic E-state index is 12.5. The Morgan fingerprint density at radius 1 is 1.12 bits per heavy atom. The summed E-state index contributed by atoms with van der Waals surface area (Å²) in [5, 5.41) is 3.53. The average Bonchev–Trinajstić information content (AvgIpc) is 2.58. The Bertz CT molecular complexity index is 623. The number of benzene rings is 1. The first kappa shape index (κ1) is 20.3. The molecule has 1 aromatic carbocycles. The molecule has 1 N–H and O–H groups in total. The van der Waals surface area contributed by atoms with E-state index in [9.17, 15) is 9.59 Å². The van der Waals surface area contributed by atoms with Crippen molar-refractivity contribution in [3.05, 3.63) is 29.8 Å². The van der Waals surface area contributed by atoms with Crippen molar-refractivity contribution < 1.29 is 19.1 Å². The van der Waals surface area contributed by atoms with Gasteiger partial charge in [-0.2, -0.15) is 0 Å². The predicted octanol–water partition coefficient (Wildman–Crippen LogP) is 4.28. The maximum absolute atomic E-state index is 12.5. The van der Waals surface area contributed by atoms with E-state index in [0.29, 0.717) is 18.8 Å². The number of hydrogen-bond donors (Lipinski definition) is 1. The van der Waals surface area contributed by atoms with Gasteiger partial charge in [0.15, 0.2) is 0 Å². The van der Waals surface area contributed by atoms with Crippen LogP contribution >= 0.6 is 0 Å². The number of esters is 2. The van der Waals surface area contributed by atoms with E-state index in [0.717, 1.165) is 18.5 Å². The molecule has 0 aliphatic heterocycles. The van der Waals surface area contributed by atoms with Gasteiger partial charge in [0.1, 0.15) is 0 Å². The zero-order valence-corrected chi connectivity index (χ0v) is 16.5. The van der Waals surface area contributed by atoms with Crippen molar-refractivity contribution >= 4 is 17.6 Å². The lowest BCUT2D eigenvalue weighted by Gasteiger charge is -2.45. The van der Waals surface area contributed by atoms with Gasteiger partial charge in [0.25, 0.3) is 0 Å². The third-order valence-electron chi connectivity index (χ3n) is 5.39. The highest BCUT2D eigenvalue weighted by Crippen LogP contribution is 2.45. The normalized spacial score (nSPS) is 24.6. The molecule has 0 aromatic heterocycles. The summed E-state index contributed by atoms with van der Waals surface area (Å²) < 4.78 is 10.3. The van der Waals surface area contributed by atoms with Crippen molar-refractivity contribution in [3.63, 3.8) is 0 Å². The summed E-state index contributed by atoms with van der Waals surface area (Å²) in [6.45, 7) is 10.8. The molecule has 0 bridgehead atoms. The largest absolute Gasteiger partial charge is 0.466 e. The highest BCUT2D eigenvalue weighted by atomic mass is 16.5. The van der Waals surface area contributed by atoms with Gasteiger partial charge in [-0.1, -0.05) is 20.8 Å². The Morgan fingerprint density at radius 2 is 1.73 bits per heavy atom. The molecule has 26 heavy (non-hydrogen) atoms. The van der Waals surface area contributed by atoms with E-state index < -0.39 is 0 Å². The number of hydrogen-bond acceptors (Lipinski definition) is 5. The molecule has 0 amide bonds. The number of carbonyl (C=O) groups is 2. The van der Waals surface area contributed by atoms with E-state index in [-0.39, 0.29) is 35.2 Å². The third-order valence-corrected chi connectivity index (χ3v) is 5.39. The van der Waals surface area contributed by atoms with Crippen LogP contribution in [0.5, 0.6) is 0 Å². The third kappa shape index (κ3) is 4.57. The SMILES string of the molecule is CCOC(=O)c1ccc(NC2CCC(C)(C)C(C(=O)OCC)C2C)cc1. The highest BCUT2D eigenvalue weighted by molar-refractivity contribution is 5.89. The van der Waals surface area contributed by atoms with Crippen LogP contribution < -0.4 is 5.32 Å². The second-order valence-electron chi connectivity index (χ2n) is 7.66. The summed E-state index contributed by atoms with van der Waals surface area (Å²) >= 11 is 0. The fraction of sp³-hybridized carbons (Fsp3) is 0.619. The molecule has 0 heterocycles. The zero-order valence-electron chi connectivity index (χ0n) is 16.5. The lowest BCUT2D eigenvalue weighted by atomic mass is 9.62. The molecular weight excluding hydrogens is 330 g/mol. The molecule has 144 valence electrons. The summed E-state index contributed by atoms with van der Waals surface area (Å²) in [5.74, 6) is -0.390. The molecular formula is C21H31NO4. The monoisotopic (exact) mass is 361 g/mol. The molecule has 2 rings (SSSR count). The molecule has 0 spiro atoms. The summed E-state index contributed by atoms with van der Waals surface area (Å²) in [4.78, 5) is 24.3. The Morgan fingerprint density at radius 3 is 2.31 bits per heavy atom. The molecule has 3 unspecified atom stereocenters. The molecule has 1 aliphatic carbocycles. The van der Waals surface area contributed by atoms with Crippen LogP contribution in [0.25, 0.3) is 0 Å². The molecule has 5 heteroatoms. The number of nitrogens with one attached hydrogen (secondary N) is 1. The number of carbonyl (C=O) groups excluding carboxylic acids is 2. The van der Waals surface area contributed by atoms with Gasteiger partial charge >= 0.3 is 11.9 Å². The number of rotatable bonds is 6. The lowest BCUT2D eigenvalue weighted by molar-refractivity contribution is -0.157. The first-order valence-corrected chi connectivity index (χ1v) is 9.50. The van der Waals surface area contributed by atoms with Crippen molar-refractivity contribution in [1.82, 2.24) is 0 Å². The summed E-state index contributed by atoms with van der Waals surface area (Å²) in [7, 11) is 0.